The molecule has 6 rings (SSSR count). The molecule has 0 bridgehead atoms. The molecule has 0 unspecified atom stereocenters. The number of nitro benzene ring substituents is 1. The lowest BCUT2D eigenvalue weighted by Crippen LogP contribution is -2.51. The van der Waals surface area contributed by atoms with Crippen LogP contribution < -0.4 is 0 Å². The zero-order chi connectivity index (χ0) is 28.2. The van der Waals surface area contributed by atoms with Crippen LogP contribution in [0.4, 0.5) is 5.69 Å². The van der Waals surface area contributed by atoms with Gasteiger partial charge in [-0.25, -0.2) is 0 Å². The van der Waals surface area contributed by atoms with Gasteiger partial charge in [0, 0.05) is 43.9 Å². The number of benzene rings is 4. The van der Waals surface area contributed by atoms with Gasteiger partial charge in [0.25, 0.3) is 11.6 Å². The molecule has 0 aromatic heterocycles. The molecule has 1 saturated heterocycles. The molecular formula is C34H33N3O4. The highest BCUT2D eigenvalue weighted by atomic mass is 16.6. The van der Waals surface area contributed by atoms with Crippen LogP contribution in [0.5, 0.6) is 0 Å². The minimum atomic E-state index is -0.452. The smallest absolute Gasteiger partial charge is 0.269 e. The van der Waals surface area contributed by atoms with Crippen LogP contribution in [0.15, 0.2) is 109 Å². The summed E-state index contributed by atoms with van der Waals surface area (Å²) in [4.78, 5) is 28.1. The molecule has 1 fully saturated rings. The highest BCUT2D eigenvalue weighted by Crippen LogP contribution is 2.40. The van der Waals surface area contributed by atoms with Crippen molar-refractivity contribution in [3.63, 3.8) is 0 Å². The number of carbonyl (C=O) groups excluding carboxylic acids is 1. The second kappa shape index (κ2) is 12.0. The molecule has 1 amide bonds. The van der Waals surface area contributed by atoms with Crippen LogP contribution in [-0.4, -0.2) is 52.9 Å². The van der Waals surface area contributed by atoms with Crippen LogP contribution in [0.1, 0.15) is 44.8 Å². The lowest BCUT2D eigenvalue weighted by Gasteiger charge is -2.43. The van der Waals surface area contributed by atoms with Crippen molar-refractivity contribution in [1.29, 1.82) is 0 Å². The van der Waals surface area contributed by atoms with Crippen LogP contribution in [0.3, 0.4) is 0 Å². The first-order chi connectivity index (χ1) is 20.1. The Hall–Kier alpha value is -4.33. The number of amides is 1. The first-order valence-corrected chi connectivity index (χ1v) is 14.2. The molecule has 7 nitrogen and oxygen atoms in total. The first-order valence-electron chi connectivity index (χ1n) is 14.2. The zero-order valence-electron chi connectivity index (χ0n) is 22.8. The van der Waals surface area contributed by atoms with Crippen molar-refractivity contribution in [2.24, 2.45) is 0 Å². The molecule has 2 aliphatic rings. The number of rotatable bonds is 8. The monoisotopic (exact) mass is 547 g/mol. The third-order valence-electron chi connectivity index (χ3n) is 8.23. The minimum Gasteiger partial charge on any atom is -0.368 e. The Morgan fingerprint density at radius 1 is 0.732 bits per heavy atom. The van der Waals surface area contributed by atoms with E-state index in [9.17, 15) is 14.9 Å². The fourth-order valence-corrected chi connectivity index (χ4v) is 6.14. The second-order valence-corrected chi connectivity index (χ2v) is 10.8. The molecule has 0 spiro atoms. The third-order valence-corrected chi connectivity index (χ3v) is 8.23. The van der Waals surface area contributed by atoms with Crippen LogP contribution in [-0.2, 0) is 17.6 Å². The minimum absolute atomic E-state index is 0.0191. The third kappa shape index (κ3) is 5.92. The number of hydrogen-bond donors (Lipinski definition) is 0. The van der Waals surface area contributed by atoms with Crippen LogP contribution >= 0.6 is 0 Å². The predicted octanol–water partition coefficient (Wildman–Crippen LogP) is 6.02. The second-order valence-electron chi connectivity index (χ2n) is 10.8. The van der Waals surface area contributed by atoms with E-state index in [4.69, 9.17) is 4.74 Å². The average molecular weight is 548 g/mol. The average Bonchev–Trinajstić information content (AvgIpc) is 3.44. The Bertz CT molecular complexity index is 1460. The van der Waals surface area contributed by atoms with Gasteiger partial charge in [-0.3, -0.25) is 19.8 Å². The molecule has 2 atom stereocenters. The van der Waals surface area contributed by atoms with Gasteiger partial charge in [-0.15, -0.1) is 0 Å². The predicted molar refractivity (Wildman–Crippen MR) is 158 cm³/mol. The Morgan fingerprint density at radius 3 is 1.83 bits per heavy atom. The number of piperazine rings is 1. The fraction of sp³-hybridized carbons (Fsp3) is 0.265. The number of ether oxygens (including phenoxy) is 1. The van der Waals surface area contributed by atoms with E-state index in [1.54, 1.807) is 12.1 Å². The molecule has 208 valence electrons. The Labute approximate surface area is 240 Å². The summed E-state index contributed by atoms with van der Waals surface area (Å²) in [6.07, 6.45) is 1.71. The summed E-state index contributed by atoms with van der Waals surface area (Å²) in [5, 5.41) is 11.0. The summed E-state index contributed by atoms with van der Waals surface area (Å²) in [6.45, 7) is 2.51. The number of carbonyl (C=O) groups is 1. The molecule has 41 heavy (non-hydrogen) atoms. The van der Waals surface area contributed by atoms with Gasteiger partial charge in [0.2, 0.25) is 0 Å². The normalized spacial score (nSPS) is 17.1. The maximum atomic E-state index is 13.2. The highest BCUT2D eigenvalue weighted by Gasteiger charge is 2.36. The Morgan fingerprint density at radius 2 is 1.27 bits per heavy atom. The van der Waals surface area contributed by atoms with Gasteiger partial charge in [0.15, 0.2) is 0 Å². The summed E-state index contributed by atoms with van der Waals surface area (Å²) in [6, 6.07) is 35.4. The van der Waals surface area contributed by atoms with Crippen LogP contribution in [0.2, 0.25) is 0 Å². The van der Waals surface area contributed by atoms with Gasteiger partial charge >= 0.3 is 0 Å². The quantitative estimate of drug-likeness (QED) is 0.199. The molecular weight excluding hydrogens is 514 g/mol. The van der Waals surface area contributed by atoms with Crippen molar-refractivity contribution in [3.8, 4) is 0 Å². The molecule has 1 aliphatic carbocycles. The number of hydrogen-bond acceptors (Lipinski definition) is 5. The molecule has 0 saturated carbocycles. The Kier molecular flexibility index (Phi) is 7.89. The summed E-state index contributed by atoms with van der Waals surface area (Å²) >= 11 is 0. The summed E-state index contributed by atoms with van der Waals surface area (Å²) < 4.78 is 7.05. The SMILES string of the molecule is O=C(c1ccc([N+](=O)[O-])cc1)N1CCN([C@H](c2ccccc2)[C@H](OC2Cc3ccccc3C2)c2ccccc2)CC1. The van der Waals surface area contributed by atoms with E-state index < -0.39 is 4.92 Å². The molecule has 1 aliphatic heterocycles. The molecule has 4 aromatic carbocycles. The summed E-state index contributed by atoms with van der Waals surface area (Å²) in [5.41, 5.74) is 5.50. The van der Waals surface area contributed by atoms with Gasteiger partial charge in [-0.05, 0) is 47.2 Å². The molecule has 4 aromatic rings. The standard InChI is InChI=1S/C34H33N3O4/c38-34(27-15-17-30(18-16-27)37(39)40)36-21-19-35(20-22-36)32(25-9-3-1-4-10-25)33(26-11-5-2-6-12-26)41-31-23-28-13-7-8-14-29(28)24-31/h1-18,31-33H,19-24H2/t32-,33-/m1/s1. The number of nitro groups is 1. The number of non-ortho nitro benzene ring substituents is 1. The van der Waals surface area contributed by atoms with Crippen LogP contribution in [0, 0.1) is 10.1 Å². The topological polar surface area (TPSA) is 75.9 Å². The largest absolute Gasteiger partial charge is 0.368 e. The molecule has 0 N–H and O–H groups in total. The Balaban J connectivity index is 1.24. The molecule has 1 heterocycles. The number of nitrogens with zero attached hydrogens (tertiary/aromatic N) is 3. The van der Waals surface area contributed by atoms with Gasteiger partial charge < -0.3 is 9.64 Å². The van der Waals surface area contributed by atoms with Crippen molar-refractivity contribution in [1.82, 2.24) is 9.80 Å². The van der Waals surface area contributed by atoms with E-state index in [0.717, 1.165) is 18.4 Å². The van der Waals surface area contributed by atoms with Gasteiger partial charge in [-0.2, -0.15) is 0 Å². The summed E-state index contributed by atoms with van der Waals surface area (Å²) in [5.74, 6) is -0.101. The van der Waals surface area contributed by atoms with Crippen molar-refractivity contribution >= 4 is 11.6 Å². The fourth-order valence-electron chi connectivity index (χ4n) is 6.14. The number of fused-ring (bicyclic) bond motifs is 1. The maximum Gasteiger partial charge on any atom is 0.269 e. The van der Waals surface area contributed by atoms with E-state index >= 15 is 0 Å². The zero-order valence-corrected chi connectivity index (χ0v) is 22.8. The van der Waals surface area contributed by atoms with Crippen molar-refractivity contribution < 1.29 is 14.5 Å². The van der Waals surface area contributed by atoms with Crippen LogP contribution in [0.25, 0.3) is 0 Å². The van der Waals surface area contributed by atoms with E-state index in [1.165, 1.54) is 28.8 Å². The summed E-state index contributed by atoms with van der Waals surface area (Å²) in [7, 11) is 0. The molecule has 0 radical (unpaired) electrons. The maximum absolute atomic E-state index is 13.2. The van der Waals surface area contributed by atoms with E-state index in [0.29, 0.717) is 31.7 Å². The first kappa shape index (κ1) is 26.9. The lowest BCUT2D eigenvalue weighted by molar-refractivity contribution is -0.384. The van der Waals surface area contributed by atoms with Crippen molar-refractivity contribution in [3.05, 3.63) is 147 Å². The highest BCUT2D eigenvalue weighted by molar-refractivity contribution is 5.94. The van der Waals surface area contributed by atoms with Gasteiger partial charge in [-0.1, -0.05) is 84.9 Å². The van der Waals surface area contributed by atoms with E-state index in [2.05, 4.69) is 77.7 Å². The van der Waals surface area contributed by atoms with E-state index in [-0.39, 0.29) is 29.8 Å². The van der Waals surface area contributed by atoms with Gasteiger partial charge in [0.1, 0.15) is 6.10 Å². The lowest BCUT2D eigenvalue weighted by atomic mass is 9.93. The molecule has 7 heteroatoms. The van der Waals surface area contributed by atoms with Crippen molar-refractivity contribution in [2.45, 2.75) is 31.1 Å². The van der Waals surface area contributed by atoms with E-state index in [1.807, 2.05) is 17.0 Å². The van der Waals surface area contributed by atoms with Crippen molar-refractivity contribution in [2.75, 3.05) is 26.2 Å². The van der Waals surface area contributed by atoms with Gasteiger partial charge in [0.05, 0.1) is 17.1 Å².